The maximum Gasteiger partial charge on any atom is 0.149 e. The van der Waals surface area contributed by atoms with Gasteiger partial charge in [0.25, 0.3) is 0 Å². The molecule has 106 valence electrons. The van der Waals surface area contributed by atoms with E-state index in [0.29, 0.717) is 24.3 Å². The van der Waals surface area contributed by atoms with E-state index in [4.69, 9.17) is 0 Å². The van der Waals surface area contributed by atoms with Crippen molar-refractivity contribution in [3.63, 3.8) is 0 Å². The van der Waals surface area contributed by atoms with Crippen molar-refractivity contribution < 1.29 is 8.78 Å². The van der Waals surface area contributed by atoms with Crippen molar-refractivity contribution >= 4 is 21.7 Å². The summed E-state index contributed by atoms with van der Waals surface area (Å²) in [5, 5.41) is 3.08. The quantitative estimate of drug-likeness (QED) is 0.847. The van der Waals surface area contributed by atoms with E-state index in [2.05, 4.69) is 31.2 Å². The molecule has 0 radical (unpaired) electrons. The van der Waals surface area contributed by atoms with E-state index >= 15 is 0 Å². The highest BCUT2D eigenvalue weighted by Crippen LogP contribution is 2.33. The molecule has 0 amide bonds. The number of aromatic nitrogens is 2. The third-order valence-corrected chi connectivity index (χ3v) is 3.54. The van der Waals surface area contributed by atoms with E-state index in [0.717, 1.165) is 0 Å². The van der Waals surface area contributed by atoms with Gasteiger partial charge in [0.15, 0.2) is 0 Å². The lowest BCUT2D eigenvalue weighted by Crippen LogP contribution is -2.07. The number of benzene rings is 1. The molecule has 0 aliphatic heterocycles. The van der Waals surface area contributed by atoms with Crippen LogP contribution in [0, 0.1) is 11.6 Å². The van der Waals surface area contributed by atoms with Gasteiger partial charge in [0.05, 0.1) is 15.7 Å². The third-order valence-electron chi connectivity index (χ3n) is 2.92. The fourth-order valence-electron chi connectivity index (χ4n) is 2.03. The topological polar surface area (TPSA) is 37.8 Å². The summed E-state index contributed by atoms with van der Waals surface area (Å²) < 4.78 is 28.4. The Bertz CT molecular complexity index is 632. The van der Waals surface area contributed by atoms with Crippen LogP contribution in [0.5, 0.6) is 0 Å². The van der Waals surface area contributed by atoms with Crippen LogP contribution in [0.3, 0.4) is 0 Å². The first-order chi connectivity index (χ1) is 9.60. The molecule has 3 nitrogen and oxygen atoms in total. The highest BCUT2D eigenvalue weighted by Gasteiger charge is 2.20. The lowest BCUT2D eigenvalue weighted by molar-refractivity contribution is 0.584. The van der Waals surface area contributed by atoms with Gasteiger partial charge in [-0.1, -0.05) is 6.92 Å². The highest BCUT2D eigenvalue weighted by molar-refractivity contribution is 9.10. The van der Waals surface area contributed by atoms with E-state index in [9.17, 15) is 8.78 Å². The normalized spacial score (nSPS) is 10.7. The van der Waals surface area contributed by atoms with Gasteiger partial charge < -0.3 is 5.32 Å². The van der Waals surface area contributed by atoms with Gasteiger partial charge in [-0.3, -0.25) is 0 Å². The lowest BCUT2D eigenvalue weighted by atomic mass is 10.0. The van der Waals surface area contributed by atoms with Crippen LogP contribution < -0.4 is 5.32 Å². The fourth-order valence-corrected chi connectivity index (χ4v) is 2.36. The van der Waals surface area contributed by atoms with Gasteiger partial charge in [-0.25, -0.2) is 18.7 Å². The molecule has 0 aliphatic rings. The molecular formula is C14H14BrF2N3. The largest absolute Gasteiger partial charge is 0.370 e. The summed E-state index contributed by atoms with van der Waals surface area (Å²) in [5.74, 6) is -0.679. The van der Waals surface area contributed by atoms with Crippen LogP contribution in [0.2, 0.25) is 0 Å². The van der Waals surface area contributed by atoms with Crippen molar-refractivity contribution in [2.45, 2.75) is 20.3 Å². The standard InChI is InChI=1S/C14H14BrF2N3/c1-3-8-13(19-7-20-14(8)18-4-2)11-10(16)6-5-9(15)12(11)17/h5-7H,3-4H2,1-2H3,(H,18,19,20). The molecule has 20 heavy (non-hydrogen) atoms. The average molecular weight is 342 g/mol. The predicted octanol–water partition coefficient (Wildman–Crippen LogP) is 4.18. The summed E-state index contributed by atoms with van der Waals surface area (Å²) in [4.78, 5) is 8.20. The molecule has 0 bridgehead atoms. The van der Waals surface area contributed by atoms with Crippen LogP contribution in [0.25, 0.3) is 11.3 Å². The van der Waals surface area contributed by atoms with E-state index < -0.39 is 11.6 Å². The Labute approximate surface area is 124 Å². The van der Waals surface area contributed by atoms with Crippen LogP contribution >= 0.6 is 15.9 Å². The molecule has 2 aromatic rings. The zero-order valence-electron chi connectivity index (χ0n) is 11.2. The average Bonchev–Trinajstić information content (AvgIpc) is 2.44. The van der Waals surface area contributed by atoms with Gasteiger partial charge >= 0.3 is 0 Å². The minimum absolute atomic E-state index is 0.127. The number of halogens is 3. The second-order valence-corrected chi connectivity index (χ2v) is 5.01. The molecular weight excluding hydrogens is 328 g/mol. The first kappa shape index (κ1) is 14.8. The van der Waals surface area contributed by atoms with Crippen LogP contribution in [0.1, 0.15) is 19.4 Å². The fraction of sp³-hybridized carbons (Fsp3) is 0.286. The predicted molar refractivity (Wildman–Crippen MR) is 78.6 cm³/mol. The van der Waals surface area contributed by atoms with Crippen molar-refractivity contribution in [3.05, 3.63) is 40.1 Å². The van der Waals surface area contributed by atoms with E-state index in [1.165, 1.54) is 18.5 Å². The van der Waals surface area contributed by atoms with Crippen molar-refractivity contribution in [1.29, 1.82) is 0 Å². The first-order valence-corrected chi connectivity index (χ1v) is 7.11. The number of anilines is 1. The molecule has 1 N–H and O–H groups in total. The molecule has 0 unspecified atom stereocenters. The maximum absolute atomic E-state index is 14.2. The van der Waals surface area contributed by atoms with Gasteiger partial charge in [-0.15, -0.1) is 0 Å². The van der Waals surface area contributed by atoms with Crippen molar-refractivity contribution in [2.24, 2.45) is 0 Å². The zero-order chi connectivity index (χ0) is 14.7. The number of nitrogens with one attached hydrogen (secondary N) is 1. The van der Waals surface area contributed by atoms with E-state index in [1.54, 1.807) is 0 Å². The van der Waals surface area contributed by atoms with Gasteiger partial charge in [0.1, 0.15) is 23.8 Å². The van der Waals surface area contributed by atoms with Crippen molar-refractivity contribution in [2.75, 3.05) is 11.9 Å². The minimum Gasteiger partial charge on any atom is -0.370 e. The van der Waals surface area contributed by atoms with Gasteiger partial charge in [-0.2, -0.15) is 0 Å². The molecule has 0 aliphatic carbocycles. The Hall–Kier alpha value is -1.56. The summed E-state index contributed by atoms with van der Waals surface area (Å²) in [6.45, 7) is 4.51. The van der Waals surface area contributed by atoms with Gasteiger partial charge in [0.2, 0.25) is 0 Å². The lowest BCUT2D eigenvalue weighted by Gasteiger charge is -2.13. The molecule has 0 atom stereocenters. The van der Waals surface area contributed by atoms with Gasteiger partial charge in [-0.05, 0) is 41.4 Å². The Kier molecular flexibility index (Phi) is 4.65. The van der Waals surface area contributed by atoms with Gasteiger partial charge in [0, 0.05) is 12.1 Å². The second kappa shape index (κ2) is 6.26. The zero-order valence-corrected chi connectivity index (χ0v) is 12.8. The summed E-state index contributed by atoms with van der Waals surface area (Å²) in [7, 11) is 0. The number of hydrogen-bond donors (Lipinski definition) is 1. The molecule has 0 spiro atoms. The monoisotopic (exact) mass is 341 g/mol. The molecule has 1 aromatic heterocycles. The number of nitrogens with zero attached hydrogens (tertiary/aromatic N) is 2. The van der Waals surface area contributed by atoms with Crippen LogP contribution in [0.15, 0.2) is 22.9 Å². The minimum atomic E-state index is -0.652. The smallest absolute Gasteiger partial charge is 0.149 e. The second-order valence-electron chi connectivity index (χ2n) is 4.15. The molecule has 0 saturated heterocycles. The summed E-state index contributed by atoms with van der Waals surface area (Å²) in [6.07, 6.45) is 1.89. The van der Waals surface area contributed by atoms with E-state index in [-0.39, 0.29) is 15.7 Å². The summed E-state index contributed by atoms with van der Waals surface area (Å²) >= 11 is 3.07. The maximum atomic E-state index is 14.2. The van der Waals surface area contributed by atoms with E-state index in [1.807, 2.05) is 13.8 Å². The van der Waals surface area contributed by atoms with Crippen molar-refractivity contribution in [1.82, 2.24) is 9.97 Å². The summed E-state index contributed by atoms with van der Waals surface area (Å²) in [6, 6.07) is 2.56. The molecule has 1 aromatic carbocycles. The Balaban J connectivity index is 2.70. The van der Waals surface area contributed by atoms with Crippen LogP contribution in [0.4, 0.5) is 14.6 Å². The molecule has 2 rings (SSSR count). The van der Waals surface area contributed by atoms with Crippen LogP contribution in [-0.2, 0) is 6.42 Å². The molecule has 6 heteroatoms. The Morgan fingerprint density at radius 3 is 2.60 bits per heavy atom. The third kappa shape index (κ3) is 2.65. The Morgan fingerprint density at radius 1 is 1.20 bits per heavy atom. The van der Waals surface area contributed by atoms with Crippen molar-refractivity contribution in [3.8, 4) is 11.3 Å². The SMILES string of the molecule is CCNc1ncnc(-c2c(F)ccc(Br)c2F)c1CC. The van der Waals surface area contributed by atoms with Crippen LogP contribution in [-0.4, -0.2) is 16.5 Å². The number of hydrogen-bond acceptors (Lipinski definition) is 3. The molecule has 0 fully saturated rings. The number of rotatable bonds is 4. The Morgan fingerprint density at radius 2 is 1.95 bits per heavy atom. The summed E-state index contributed by atoms with van der Waals surface area (Å²) in [5.41, 5.74) is 0.859. The molecule has 0 saturated carbocycles. The highest BCUT2D eigenvalue weighted by atomic mass is 79.9. The molecule has 1 heterocycles. The first-order valence-electron chi connectivity index (χ1n) is 6.31.